The number of ether oxygens (including phenoxy) is 1. The van der Waals surface area contributed by atoms with Crippen molar-refractivity contribution in [3.05, 3.63) is 95.1 Å². The Kier molecular flexibility index (Phi) is 7.09. The van der Waals surface area contributed by atoms with Crippen molar-refractivity contribution in [2.75, 3.05) is 16.8 Å². The Labute approximate surface area is 221 Å². The van der Waals surface area contributed by atoms with Crippen LogP contribution in [-0.2, 0) is 19.1 Å². The van der Waals surface area contributed by atoms with Crippen LogP contribution >= 0.6 is 0 Å². The molecule has 3 atom stereocenters. The van der Waals surface area contributed by atoms with Crippen molar-refractivity contribution in [1.29, 1.82) is 0 Å². The molecule has 1 heterocycles. The van der Waals surface area contributed by atoms with Crippen LogP contribution in [0.25, 0.3) is 0 Å². The number of nitrogens with zero attached hydrogens (tertiary/aromatic N) is 1. The van der Waals surface area contributed by atoms with Crippen LogP contribution in [0.15, 0.2) is 72.8 Å². The monoisotopic (exact) mass is 510 g/mol. The van der Waals surface area contributed by atoms with E-state index in [2.05, 4.69) is 17.4 Å². The number of amides is 3. The molecule has 0 radical (unpaired) electrons. The van der Waals surface area contributed by atoms with Gasteiger partial charge < -0.3 is 10.1 Å². The van der Waals surface area contributed by atoms with Gasteiger partial charge in [-0.25, -0.2) is 4.79 Å². The maximum Gasteiger partial charge on any atom is 0.338 e. The number of hydrogen-bond acceptors (Lipinski definition) is 5. The number of aryl methyl sites for hydroxylation is 2. The van der Waals surface area contributed by atoms with Crippen LogP contribution in [0.4, 0.5) is 11.4 Å². The Morgan fingerprint density at radius 2 is 1.53 bits per heavy atom. The van der Waals surface area contributed by atoms with Crippen LogP contribution in [-0.4, -0.2) is 30.3 Å². The quantitative estimate of drug-likeness (QED) is 0.365. The van der Waals surface area contributed by atoms with E-state index in [4.69, 9.17) is 4.74 Å². The lowest BCUT2D eigenvalue weighted by atomic mass is 9.73. The second-order valence-corrected chi connectivity index (χ2v) is 10.2. The summed E-state index contributed by atoms with van der Waals surface area (Å²) in [5, 5.41) is 2.73. The third-order valence-electron chi connectivity index (χ3n) is 7.40. The van der Waals surface area contributed by atoms with Gasteiger partial charge in [-0.2, -0.15) is 0 Å². The first-order chi connectivity index (χ1) is 18.3. The highest BCUT2D eigenvalue weighted by atomic mass is 16.5. The van der Waals surface area contributed by atoms with Gasteiger partial charge in [0, 0.05) is 5.69 Å². The van der Waals surface area contributed by atoms with E-state index in [1.807, 2.05) is 50.2 Å². The van der Waals surface area contributed by atoms with Gasteiger partial charge in [0.05, 0.1) is 23.1 Å². The molecule has 2 fully saturated rings. The maximum absolute atomic E-state index is 13.3. The van der Waals surface area contributed by atoms with Crippen molar-refractivity contribution in [2.45, 2.75) is 39.0 Å². The molecule has 3 aromatic carbocycles. The van der Waals surface area contributed by atoms with E-state index in [1.165, 1.54) is 22.6 Å². The van der Waals surface area contributed by atoms with Crippen molar-refractivity contribution in [3.63, 3.8) is 0 Å². The number of fused-ring (bicyclic) bond motifs is 1. The van der Waals surface area contributed by atoms with Crippen LogP contribution in [0, 0.1) is 25.7 Å². The first-order valence-corrected chi connectivity index (χ1v) is 12.9. The Bertz CT molecular complexity index is 1360. The SMILES string of the molecule is Cc1cc(C)cc(NC(=O)COC(=O)c2ccc(N3C(=O)[C@H]4C[C@@H](c5ccccc5)CC[C@H]4C3=O)cc2)c1. The molecule has 1 N–H and O–H groups in total. The van der Waals surface area contributed by atoms with Crippen LogP contribution in [0.1, 0.15) is 52.2 Å². The summed E-state index contributed by atoms with van der Waals surface area (Å²) in [4.78, 5) is 52.4. The lowest BCUT2D eigenvalue weighted by Gasteiger charge is -2.28. The van der Waals surface area contributed by atoms with E-state index in [1.54, 1.807) is 12.1 Å². The molecule has 2 aliphatic rings. The number of rotatable bonds is 6. The summed E-state index contributed by atoms with van der Waals surface area (Å²) in [6, 6.07) is 22.0. The lowest BCUT2D eigenvalue weighted by molar-refractivity contribution is -0.122. The lowest BCUT2D eigenvalue weighted by Crippen LogP contribution is -2.30. The molecule has 0 bridgehead atoms. The van der Waals surface area contributed by atoms with Gasteiger partial charge in [-0.05, 0) is 92.1 Å². The highest BCUT2D eigenvalue weighted by Gasteiger charge is 2.50. The third kappa shape index (κ3) is 5.23. The molecular weight excluding hydrogens is 480 g/mol. The second-order valence-electron chi connectivity index (χ2n) is 10.2. The molecule has 1 saturated carbocycles. The minimum Gasteiger partial charge on any atom is -0.452 e. The number of esters is 1. The predicted octanol–water partition coefficient (Wildman–Crippen LogP) is 5.17. The number of carbonyl (C=O) groups is 4. The van der Waals surface area contributed by atoms with E-state index in [0.717, 1.165) is 17.5 Å². The number of anilines is 2. The number of carbonyl (C=O) groups excluding carboxylic acids is 4. The summed E-state index contributed by atoms with van der Waals surface area (Å²) in [6.45, 7) is 3.44. The van der Waals surface area contributed by atoms with Crippen LogP contribution in [0.3, 0.4) is 0 Å². The second kappa shape index (κ2) is 10.6. The zero-order valence-corrected chi connectivity index (χ0v) is 21.5. The molecule has 1 saturated heterocycles. The highest BCUT2D eigenvalue weighted by molar-refractivity contribution is 6.22. The summed E-state index contributed by atoms with van der Waals surface area (Å²) < 4.78 is 5.16. The fourth-order valence-corrected chi connectivity index (χ4v) is 5.67. The summed E-state index contributed by atoms with van der Waals surface area (Å²) in [5.74, 6) is -1.83. The molecule has 7 nitrogen and oxygen atoms in total. The molecule has 0 spiro atoms. The van der Waals surface area contributed by atoms with Gasteiger partial charge >= 0.3 is 5.97 Å². The summed E-state index contributed by atoms with van der Waals surface area (Å²) in [7, 11) is 0. The Balaban J connectivity index is 1.20. The number of nitrogens with one attached hydrogen (secondary N) is 1. The van der Waals surface area contributed by atoms with Gasteiger partial charge in [0.25, 0.3) is 5.91 Å². The fraction of sp³-hybridized carbons (Fsp3) is 0.290. The zero-order chi connectivity index (χ0) is 26.8. The minimum atomic E-state index is -0.662. The molecule has 0 aromatic heterocycles. The zero-order valence-electron chi connectivity index (χ0n) is 21.5. The molecular formula is C31H30N2O5. The molecule has 1 aliphatic heterocycles. The van der Waals surface area contributed by atoms with Gasteiger partial charge in [-0.3, -0.25) is 19.3 Å². The molecule has 38 heavy (non-hydrogen) atoms. The average molecular weight is 511 g/mol. The molecule has 0 unspecified atom stereocenters. The standard InChI is InChI=1S/C31H30N2O5/c1-19-14-20(2)16-24(15-19)32-28(34)18-38-31(37)22-8-11-25(12-9-22)33-29(35)26-13-10-23(17-27(26)30(33)36)21-6-4-3-5-7-21/h3-9,11-12,14-16,23,26-27H,10,13,17-18H2,1-2H3,(H,32,34)/t23-,26+,27-/m0/s1. The van der Waals surface area contributed by atoms with Crippen LogP contribution in [0.2, 0.25) is 0 Å². The summed E-state index contributed by atoms with van der Waals surface area (Å²) >= 11 is 0. The predicted molar refractivity (Wildman–Crippen MR) is 144 cm³/mol. The number of benzene rings is 3. The molecule has 5 rings (SSSR count). The number of imide groups is 1. The molecule has 194 valence electrons. The molecule has 3 amide bonds. The van der Waals surface area contributed by atoms with E-state index in [-0.39, 0.29) is 35.1 Å². The Morgan fingerprint density at radius 1 is 0.868 bits per heavy atom. The normalized spacial score (nSPS) is 20.7. The van der Waals surface area contributed by atoms with E-state index in [9.17, 15) is 19.2 Å². The number of hydrogen-bond donors (Lipinski definition) is 1. The van der Waals surface area contributed by atoms with E-state index in [0.29, 0.717) is 24.2 Å². The third-order valence-corrected chi connectivity index (χ3v) is 7.40. The first-order valence-electron chi connectivity index (χ1n) is 12.9. The Hall–Kier alpha value is -4.26. The van der Waals surface area contributed by atoms with Gasteiger partial charge in [0.15, 0.2) is 6.61 Å². The van der Waals surface area contributed by atoms with Crippen molar-refractivity contribution in [2.24, 2.45) is 11.8 Å². The van der Waals surface area contributed by atoms with E-state index >= 15 is 0 Å². The largest absolute Gasteiger partial charge is 0.452 e. The average Bonchev–Trinajstić information content (AvgIpc) is 3.16. The van der Waals surface area contributed by atoms with E-state index < -0.39 is 18.5 Å². The minimum absolute atomic E-state index is 0.176. The van der Waals surface area contributed by atoms with Crippen LogP contribution in [0.5, 0.6) is 0 Å². The molecule has 7 heteroatoms. The summed E-state index contributed by atoms with van der Waals surface area (Å²) in [6.07, 6.45) is 2.21. The van der Waals surface area contributed by atoms with Gasteiger partial charge in [-0.15, -0.1) is 0 Å². The summed E-state index contributed by atoms with van der Waals surface area (Å²) in [5.41, 5.74) is 4.55. The molecule has 3 aromatic rings. The van der Waals surface area contributed by atoms with Crippen molar-refractivity contribution in [1.82, 2.24) is 0 Å². The van der Waals surface area contributed by atoms with Crippen molar-refractivity contribution in [3.8, 4) is 0 Å². The maximum atomic E-state index is 13.3. The highest BCUT2D eigenvalue weighted by Crippen LogP contribution is 2.45. The van der Waals surface area contributed by atoms with Crippen molar-refractivity contribution < 1.29 is 23.9 Å². The van der Waals surface area contributed by atoms with Gasteiger partial charge in [-0.1, -0.05) is 36.4 Å². The van der Waals surface area contributed by atoms with Gasteiger partial charge in [0.2, 0.25) is 11.8 Å². The van der Waals surface area contributed by atoms with Crippen molar-refractivity contribution >= 4 is 35.1 Å². The first kappa shape index (κ1) is 25.4. The topological polar surface area (TPSA) is 92.8 Å². The van der Waals surface area contributed by atoms with Crippen LogP contribution < -0.4 is 10.2 Å². The smallest absolute Gasteiger partial charge is 0.338 e. The molecule has 1 aliphatic carbocycles. The van der Waals surface area contributed by atoms with Gasteiger partial charge in [0.1, 0.15) is 0 Å². The fourth-order valence-electron chi connectivity index (χ4n) is 5.67. The Morgan fingerprint density at radius 3 is 2.21 bits per heavy atom.